The molecule has 3 fully saturated rings. The average Bonchev–Trinajstić information content (AvgIpc) is 3.08. The molecule has 0 N–H and O–H groups in total. The fraction of sp³-hybridized carbons (Fsp3) is 0.786. The summed E-state index contributed by atoms with van der Waals surface area (Å²) in [6.45, 7) is 11.4. The van der Waals surface area contributed by atoms with Gasteiger partial charge >= 0.3 is 5.97 Å². The van der Waals surface area contributed by atoms with E-state index >= 15 is 0 Å². The van der Waals surface area contributed by atoms with Crippen LogP contribution in [0, 0.1) is 40.4 Å². The molecule has 1 aliphatic heterocycles. The molecule has 8 atom stereocenters. The Labute approximate surface area is 188 Å². The lowest BCUT2D eigenvalue weighted by Gasteiger charge is -2.58. The number of carbonyl (C=O) groups is 2. The molecule has 3 heteroatoms. The van der Waals surface area contributed by atoms with Crippen LogP contribution in [-0.4, -0.2) is 17.9 Å². The van der Waals surface area contributed by atoms with E-state index in [9.17, 15) is 9.59 Å². The molecule has 4 aliphatic carbocycles. The highest BCUT2D eigenvalue weighted by atomic mass is 16.5. The molecule has 0 aromatic rings. The molecule has 3 saturated carbocycles. The minimum atomic E-state index is -0.102. The Balaban J connectivity index is 1.38. The van der Waals surface area contributed by atoms with Crippen molar-refractivity contribution in [2.75, 3.05) is 0 Å². The van der Waals surface area contributed by atoms with Gasteiger partial charge in [-0.2, -0.15) is 0 Å². The number of esters is 1. The van der Waals surface area contributed by atoms with Crippen molar-refractivity contribution in [3.63, 3.8) is 0 Å². The molecule has 0 unspecified atom stereocenters. The van der Waals surface area contributed by atoms with Crippen LogP contribution in [0.1, 0.15) is 92.4 Å². The molecule has 5 rings (SSSR count). The number of ether oxygens (including phenoxy) is 1. The first kappa shape index (κ1) is 21.5. The maximum atomic E-state index is 12.4. The highest BCUT2D eigenvalue weighted by Gasteiger charge is 2.60. The maximum Gasteiger partial charge on any atom is 0.333 e. The average molecular weight is 425 g/mol. The van der Waals surface area contributed by atoms with Crippen molar-refractivity contribution < 1.29 is 14.3 Å². The highest BCUT2D eigenvalue weighted by molar-refractivity contribution is 5.91. The van der Waals surface area contributed by atoms with E-state index in [2.05, 4.69) is 27.7 Å². The Morgan fingerprint density at radius 3 is 2.52 bits per heavy atom. The van der Waals surface area contributed by atoms with E-state index in [0.29, 0.717) is 23.0 Å². The number of cyclic esters (lactones) is 1. The van der Waals surface area contributed by atoms with Gasteiger partial charge < -0.3 is 4.74 Å². The molecule has 170 valence electrons. The Morgan fingerprint density at radius 1 is 1.00 bits per heavy atom. The van der Waals surface area contributed by atoms with Gasteiger partial charge in [-0.15, -0.1) is 0 Å². The number of hydrogen-bond donors (Lipinski definition) is 0. The molecule has 0 saturated heterocycles. The Bertz CT molecular complexity index is 865. The predicted octanol–water partition coefficient (Wildman–Crippen LogP) is 6.42. The molecule has 31 heavy (non-hydrogen) atoms. The zero-order valence-corrected chi connectivity index (χ0v) is 20.1. The molecule has 0 radical (unpaired) electrons. The standard InChI is InChI=1S/C28H40O3/c1-16-14-25(31-26(30)17(16)2)18(3)22-8-9-23-21-7-6-19-15-20(29)10-12-27(19,4)24(21)11-13-28(22,23)5/h15,18,21-25H,6-14H2,1-5H3/t18-,21-,22+,23-,24-,25+,27-,28+/m0/s1. The van der Waals surface area contributed by atoms with Crippen molar-refractivity contribution in [2.45, 2.75) is 98.5 Å². The number of allylic oxidation sites excluding steroid dienone is 1. The Hall–Kier alpha value is -1.38. The third kappa shape index (κ3) is 3.12. The predicted molar refractivity (Wildman–Crippen MR) is 122 cm³/mol. The fourth-order valence-corrected chi connectivity index (χ4v) is 8.91. The van der Waals surface area contributed by atoms with Gasteiger partial charge in [-0.25, -0.2) is 4.79 Å². The van der Waals surface area contributed by atoms with Crippen molar-refractivity contribution in [2.24, 2.45) is 40.4 Å². The Morgan fingerprint density at radius 2 is 1.77 bits per heavy atom. The monoisotopic (exact) mass is 424 g/mol. The van der Waals surface area contributed by atoms with Crippen LogP contribution < -0.4 is 0 Å². The number of fused-ring (bicyclic) bond motifs is 5. The van der Waals surface area contributed by atoms with Gasteiger partial charge in [0, 0.05) is 18.4 Å². The van der Waals surface area contributed by atoms with Gasteiger partial charge in [0.25, 0.3) is 0 Å². The normalized spacial score (nSPS) is 46.0. The number of hydrogen-bond acceptors (Lipinski definition) is 3. The largest absolute Gasteiger partial charge is 0.458 e. The summed E-state index contributed by atoms with van der Waals surface area (Å²) < 4.78 is 5.94. The van der Waals surface area contributed by atoms with Crippen LogP contribution in [0.15, 0.2) is 22.8 Å². The van der Waals surface area contributed by atoms with Crippen LogP contribution in [-0.2, 0) is 14.3 Å². The van der Waals surface area contributed by atoms with Crippen LogP contribution in [0.3, 0.4) is 0 Å². The summed E-state index contributed by atoms with van der Waals surface area (Å²) in [6.07, 6.45) is 12.3. The first-order valence-electron chi connectivity index (χ1n) is 12.8. The lowest BCUT2D eigenvalue weighted by atomic mass is 9.46. The van der Waals surface area contributed by atoms with Crippen molar-refractivity contribution in [3.8, 4) is 0 Å². The summed E-state index contributed by atoms with van der Waals surface area (Å²) in [5.41, 5.74) is 4.09. The second kappa shape index (κ2) is 7.32. The number of ketones is 1. The third-order valence-electron chi connectivity index (χ3n) is 11.0. The molecular weight excluding hydrogens is 384 g/mol. The van der Waals surface area contributed by atoms with Gasteiger partial charge in [0.15, 0.2) is 5.78 Å². The van der Waals surface area contributed by atoms with Crippen LogP contribution in [0.5, 0.6) is 0 Å². The Kier molecular flexibility index (Phi) is 5.07. The smallest absolute Gasteiger partial charge is 0.333 e. The molecule has 3 nitrogen and oxygen atoms in total. The van der Waals surface area contributed by atoms with Crippen LogP contribution in [0.25, 0.3) is 0 Å². The molecule has 0 aromatic heterocycles. The van der Waals surface area contributed by atoms with Crippen molar-refractivity contribution in [1.29, 1.82) is 0 Å². The van der Waals surface area contributed by atoms with E-state index in [1.165, 1.54) is 43.3 Å². The molecule has 0 amide bonds. The van der Waals surface area contributed by atoms with E-state index in [4.69, 9.17) is 4.74 Å². The van der Waals surface area contributed by atoms with E-state index < -0.39 is 0 Å². The van der Waals surface area contributed by atoms with E-state index in [1.54, 1.807) is 0 Å². The molecule has 0 bridgehead atoms. The van der Waals surface area contributed by atoms with Crippen LogP contribution >= 0.6 is 0 Å². The lowest BCUT2D eigenvalue weighted by molar-refractivity contribution is -0.151. The van der Waals surface area contributed by atoms with E-state index in [1.807, 2.05) is 13.0 Å². The van der Waals surface area contributed by atoms with Crippen molar-refractivity contribution in [3.05, 3.63) is 22.8 Å². The molecule has 0 aromatic carbocycles. The summed E-state index contributed by atoms with van der Waals surface area (Å²) >= 11 is 0. The SMILES string of the molecule is CC1=C(C)C(=O)O[C@@H]([C@@H](C)[C@H]2CC[C@H]3[C@@H]4CCC5=CC(=O)CC[C@]5(C)[C@H]4CC[C@]23C)C1. The quantitative estimate of drug-likeness (QED) is 0.480. The van der Waals surface area contributed by atoms with Gasteiger partial charge in [-0.3, -0.25) is 4.79 Å². The van der Waals surface area contributed by atoms with Crippen LogP contribution in [0.2, 0.25) is 0 Å². The third-order valence-corrected chi connectivity index (χ3v) is 11.0. The molecule has 5 aliphatic rings. The van der Waals surface area contributed by atoms with Gasteiger partial charge in [0.2, 0.25) is 0 Å². The molecule has 1 heterocycles. The topological polar surface area (TPSA) is 43.4 Å². The lowest BCUT2D eigenvalue weighted by Crippen LogP contribution is -2.51. The van der Waals surface area contributed by atoms with E-state index in [0.717, 1.165) is 49.0 Å². The minimum Gasteiger partial charge on any atom is -0.458 e. The summed E-state index contributed by atoms with van der Waals surface area (Å²) in [4.78, 5) is 24.4. The van der Waals surface area contributed by atoms with Crippen molar-refractivity contribution >= 4 is 11.8 Å². The summed E-state index contributed by atoms with van der Waals surface area (Å²) in [7, 11) is 0. The van der Waals surface area contributed by atoms with Gasteiger partial charge in [-0.1, -0.05) is 31.9 Å². The summed E-state index contributed by atoms with van der Waals surface area (Å²) in [5.74, 6) is 3.63. The van der Waals surface area contributed by atoms with Crippen molar-refractivity contribution in [1.82, 2.24) is 0 Å². The highest BCUT2D eigenvalue weighted by Crippen LogP contribution is 2.67. The molecule has 0 spiro atoms. The first-order valence-corrected chi connectivity index (χ1v) is 12.8. The number of carbonyl (C=O) groups excluding carboxylic acids is 2. The fourth-order valence-electron chi connectivity index (χ4n) is 8.91. The zero-order valence-electron chi connectivity index (χ0n) is 20.1. The maximum absolute atomic E-state index is 12.4. The number of rotatable bonds is 2. The first-order chi connectivity index (χ1) is 14.6. The minimum absolute atomic E-state index is 0.0391. The summed E-state index contributed by atoms with van der Waals surface area (Å²) in [6, 6.07) is 0. The second-order valence-corrected chi connectivity index (χ2v) is 12.1. The second-order valence-electron chi connectivity index (χ2n) is 12.1. The van der Waals surface area contributed by atoms with Crippen LogP contribution in [0.4, 0.5) is 0 Å². The zero-order chi connectivity index (χ0) is 22.1. The summed E-state index contributed by atoms with van der Waals surface area (Å²) in [5, 5.41) is 0. The van der Waals surface area contributed by atoms with Gasteiger partial charge in [0.1, 0.15) is 6.10 Å². The van der Waals surface area contributed by atoms with Gasteiger partial charge in [-0.05, 0) is 105 Å². The van der Waals surface area contributed by atoms with Gasteiger partial charge in [0.05, 0.1) is 0 Å². The molecular formula is C28H40O3. The van der Waals surface area contributed by atoms with E-state index in [-0.39, 0.29) is 17.5 Å².